The molecule has 0 saturated carbocycles. The molecule has 0 heterocycles. The number of benzene rings is 2. The molecule has 0 unspecified atom stereocenters. The lowest BCUT2D eigenvalue weighted by atomic mass is 10.2. The molecule has 0 N–H and O–H groups in total. The second kappa shape index (κ2) is 4.90. The monoisotopic (exact) mass is 243 g/mol. The summed E-state index contributed by atoms with van der Waals surface area (Å²) >= 11 is 6.02. The average Bonchev–Trinajstić information content (AvgIpc) is 2.32. The van der Waals surface area contributed by atoms with Gasteiger partial charge in [0.15, 0.2) is 5.75 Å². The van der Waals surface area contributed by atoms with E-state index in [1.807, 2.05) is 31.2 Å². The third-order valence-electron chi connectivity index (χ3n) is 2.30. The van der Waals surface area contributed by atoms with Gasteiger partial charge in [-0.1, -0.05) is 29.8 Å². The van der Waals surface area contributed by atoms with Crippen molar-refractivity contribution < 1.29 is 4.74 Å². The molecule has 0 aliphatic carbocycles. The van der Waals surface area contributed by atoms with Crippen molar-refractivity contribution in [1.82, 2.24) is 0 Å². The van der Waals surface area contributed by atoms with Gasteiger partial charge in [-0.3, -0.25) is 0 Å². The first-order valence-electron chi connectivity index (χ1n) is 5.14. The summed E-state index contributed by atoms with van der Waals surface area (Å²) in [5.74, 6) is 1.08. The normalized spacial score (nSPS) is 9.71. The summed E-state index contributed by atoms with van der Waals surface area (Å²) in [6.07, 6.45) is 0. The second-order valence-corrected chi connectivity index (χ2v) is 4.05. The molecule has 17 heavy (non-hydrogen) atoms. The minimum atomic E-state index is 0.405. The van der Waals surface area contributed by atoms with Gasteiger partial charge in [0.1, 0.15) is 11.8 Å². The van der Waals surface area contributed by atoms with E-state index in [2.05, 4.69) is 6.07 Å². The van der Waals surface area contributed by atoms with Crippen molar-refractivity contribution in [3.63, 3.8) is 0 Å². The highest BCUT2D eigenvalue weighted by Crippen LogP contribution is 2.32. The molecule has 0 atom stereocenters. The van der Waals surface area contributed by atoms with Crippen LogP contribution in [0.2, 0.25) is 5.02 Å². The molecular weight excluding hydrogens is 234 g/mol. The van der Waals surface area contributed by atoms with Gasteiger partial charge < -0.3 is 4.74 Å². The number of rotatable bonds is 2. The zero-order valence-corrected chi connectivity index (χ0v) is 10.0. The fourth-order valence-electron chi connectivity index (χ4n) is 1.50. The van der Waals surface area contributed by atoms with E-state index in [0.29, 0.717) is 22.1 Å². The maximum Gasteiger partial charge on any atom is 0.163 e. The first-order valence-corrected chi connectivity index (χ1v) is 5.51. The average molecular weight is 244 g/mol. The van der Waals surface area contributed by atoms with E-state index < -0.39 is 0 Å². The third-order valence-corrected chi connectivity index (χ3v) is 2.59. The van der Waals surface area contributed by atoms with Crippen molar-refractivity contribution in [3.8, 4) is 17.6 Å². The highest BCUT2D eigenvalue weighted by Gasteiger charge is 2.09. The van der Waals surface area contributed by atoms with E-state index in [1.54, 1.807) is 18.2 Å². The number of halogens is 1. The Hall–Kier alpha value is -1.98. The van der Waals surface area contributed by atoms with Crippen molar-refractivity contribution in [2.75, 3.05) is 0 Å². The van der Waals surface area contributed by atoms with Crippen LogP contribution >= 0.6 is 11.6 Å². The van der Waals surface area contributed by atoms with E-state index in [0.717, 1.165) is 5.56 Å². The van der Waals surface area contributed by atoms with Crippen LogP contribution in [0.15, 0.2) is 42.5 Å². The fraction of sp³-hybridized carbons (Fsp3) is 0.0714. The number of para-hydroxylation sites is 1. The molecule has 0 aromatic heterocycles. The Morgan fingerprint density at radius 3 is 2.65 bits per heavy atom. The summed E-state index contributed by atoms with van der Waals surface area (Å²) in [4.78, 5) is 0. The molecule has 0 spiro atoms. The van der Waals surface area contributed by atoms with Crippen LogP contribution in [0.1, 0.15) is 11.1 Å². The molecule has 2 nitrogen and oxygen atoms in total. The molecule has 0 saturated heterocycles. The van der Waals surface area contributed by atoms with Crippen molar-refractivity contribution >= 4 is 11.6 Å². The van der Waals surface area contributed by atoms with Crippen molar-refractivity contribution in [2.45, 2.75) is 6.92 Å². The molecular formula is C14H10ClNO. The molecule has 3 heteroatoms. The molecule has 0 aliphatic rings. The molecule has 84 valence electrons. The largest absolute Gasteiger partial charge is 0.454 e. The van der Waals surface area contributed by atoms with Gasteiger partial charge in [0.25, 0.3) is 0 Å². The number of aryl methyl sites for hydroxylation is 1. The van der Waals surface area contributed by atoms with Crippen LogP contribution in [0.25, 0.3) is 0 Å². The van der Waals surface area contributed by atoms with Crippen molar-refractivity contribution in [1.29, 1.82) is 5.26 Å². The van der Waals surface area contributed by atoms with Crippen LogP contribution in [0, 0.1) is 18.3 Å². The molecule has 0 bridgehead atoms. The van der Waals surface area contributed by atoms with Gasteiger partial charge >= 0.3 is 0 Å². The maximum absolute atomic E-state index is 8.99. The van der Waals surface area contributed by atoms with Gasteiger partial charge in [-0.15, -0.1) is 0 Å². The first-order chi connectivity index (χ1) is 8.20. The van der Waals surface area contributed by atoms with Crippen LogP contribution in [-0.4, -0.2) is 0 Å². The van der Waals surface area contributed by atoms with E-state index in [4.69, 9.17) is 21.6 Å². The van der Waals surface area contributed by atoms with Gasteiger partial charge in [0, 0.05) is 0 Å². The fourth-order valence-corrected chi connectivity index (χ4v) is 1.71. The van der Waals surface area contributed by atoms with Crippen LogP contribution < -0.4 is 4.74 Å². The van der Waals surface area contributed by atoms with Gasteiger partial charge in [0.2, 0.25) is 0 Å². The minimum Gasteiger partial charge on any atom is -0.454 e. The van der Waals surface area contributed by atoms with Crippen LogP contribution in [0.5, 0.6) is 11.5 Å². The van der Waals surface area contributed by atoms with Gasteiger partial charge in [-0.25, -0.2) is 0 Å². The summed E-state index contributed by atoms with van der Waals surface area (Å²) < 4.78 is 5.66. The molecule has 2 rings (SSSR count). The molecule has 0 fully saturated rings. The van der Waals surface area contributed by atoms with Crippen LogP contribution in [-0.2, 0) is 0 Å². The Kier molecular flexibility index (Phi) is 3.32. The Morgan fingerprint density at radius 1 is 1.18 bits per heavy atom. The van der Waals surface area contributed by atoms with E-state index >= 15 is 0 Å². The Morgan fingerprint density at radius 2 is 1.94 bits per heavy atom. The minimum absolute atomic E-state index is 0.405. The van der Waals surface area contributed by atoms with E-state index in [1.165, 1.54) is 0 Å². The predicted molar refractivity (Wildman–Crippen MR) is 67.4 cm³/mol. The maximum atomic E-state index is 8.99. The van der Waals surface area contributed by atoms with Crippen molar-refractivity contribution in [2.24, 2.45) is 0 Å². The first kappa shape index (κ1) is 11.5. The molecule has 0 aliphatic heterocycles. The second-order valence-electron chi connectivity index (χ2n) is 3.65. The molecule has 2 aromatic carbocycles. The molecule has 0 radical (unpaired) electrons. The van der Waals surface area contributed by atoms with E-state index in [9.17, 15) is 0 Å². The van der Waals surface area contributed by atoms with Gasteiger partial charge in [-0.2, -0.15) is 5.26 Å². The number of ether oxygens (including phenoxy) is 1. The highest BCUT2D eigenvalue weighted by molar-refractivity contribution is 6.32. The topological polar surface area (TPSA) is 33.0 Å². The molecule has 0 amide bonds. The van der Waals surface area contributed by atoms with Crippen LogP contribution in [0.3, 0.4) is 0 Å². The number of nitriles is 1. The summed E-state index contributed by atoms with van der Waals surface area (Å²) in [6, 6.07) is 14.8. The molecule has 2 aromatic rings. The number of hydrogen-bond donors (Lipinski definition) is 0. The summed E-state index contributed by atoms with van der Waals surface area (Å²) in [6.45, 7) is 1.98. The smallest absolute Gasteiger partial charge is 0.163 e. The third kappa shape index (κ3) is 2.58. The van der Waals surface area contributed by atoms with E-state index in [-0.39, 0.29) is 0 Å². The summed E-state index contributed by atoms with van der Waals surface area (Å²) in [5.41, 5.74) is 1.52. The Labute approximate surface area is 105 Å². The quantitative estimate of drug-likeness (QED) is 0.787. The van der Waals surface area contributed by atoms with Gasteiger partial charge in [0.05, 0.1) is 10.6 Å². The lowest BCUT2D eigenvalue weighted by Crippen LogP contribution is -1.89. The standard InChI is InChI=1S/C14H10ClNO/c1-10-4-2-6-12(8-10)17-14-11(9-16)5-3-7-13(14)15/h2-8H,1H3. The van der Waals surface area contributed by atoms with Crippen molar-refractivity contribution in [3.05, 3.63) is 58.6 Å². The Bertz CT molecular complexity index is 587. The zero-order chi connectivity index (χ0) is 12.3. The highest BCUT2D eigenvalue weighted by atomic mass is 35.5. The summed E-state index contributed by atoms with van der Waals surface area (Å²) in [7, 11) is 0. The number of nitrogens with zero attached hydrogens (tertiary/aromatic N) is 1. The zero-order valence-electron chi connectivity index (χ0n) is 9.27. The summed E-state index contributed by atoms with van der Waals surface area (Å²) in [5, 5.41) is 9.42. The predicted octanol–water partition coefficient (Wildman–Crippen LogP) is 4.31. The Balaban J connectivity index is 2.40. The lowest BCUT2D eigenvalue weighted by molar-refractivity contribution is 0.481. The van der Waals surface area contributed by atoms with Gasteiger partial charge in [-0.05, 0) is 36.8 Å². The SMILES string of the molecule is Cc1cccc(Oc2c(Cl)cccc2C#N)c1. The van der Waals surface area contributed by atoms with Crippen LogP contribution in [0.4, 0.5) is 0 Å². The lowest BCUT2D eigenvalue weighted by Gasteiger charge is -2.09. The number of hydrogen-bond acceptors (Lipinski definition) is 2.